The minimum Gasteiger partial charge on any atom is -0.389 e. The summed E-state index contributed by atoms with van der Waals surface area (Å²) in [5, 5.41) is 10.7. The molecule has 26 heavy (non-hydrogen) atoms. The minimum absolute atomic E-state index is 0.0638. The number of carbonyl (C=O) groups is 2. The second-order valence-corrected chi connectivity index (χ2v) is 5.90. The van der Waals surface area contributed by atoms with Gasteiger partial charge in [-0.3, -0.25) is 14.6 Å². The number of ketones is 2. The van der Waals surface area contributed by atoms with Gasteiger partial charge in [-0.05, 0) is 19.1 Å². The van der Waals surface area contributed by atoms with Gasteiger partial charge in [0.2, 0.25) is 0 Å². The van der Waals surface area contributed by atoms with Crippen molar-refractivity contribution in [1.82, 2.24) is 4.98 Å². The van der Waals surface area contributed by atoms with Gasteiger partial charge < -0.3 is 5.11 Å². The topological polar surface area (TPSA) is 67.3 Å². The third-order valence-electron chi connectivity index (χ3n) is 4.22. The van der Waals surface area contributed by atoms with Crippen molar-refractivity contribution < 1.29 is 27.9 Å². The van der Waals surface area contributed by atoms with Crippen molar-refractivity contribution in [2.24, 2.45) is 0 Å². The van der Waals surface area contributed by atoms with Crippen LogP contribution < -0.4 is 0 Å². The Bertz CT molecular complexity index is 947. The smallest absolute Gasteiger partial charge is 0.389 e. The maximum Gasteiger partial charge on any atom is 0.417 e. The van der Waals surface area contributed by atoms with Crippen molar-refractivity contribution in [3.8, 4) is 0 Å². The molecule has 0 saturated heterocycles. The summed E-state index contributed by atoms with van der Waals surface area (Å²) >= 11 is 0. The van der Waals surface area contributed by atoms with Crippen molar-refractivity contribution >= 4 is 19.4 Å². The fraction of sp³-hybridized carbons (Fsp3) is 0.167. The van der Waals surface area contributed by atoms with E-state index in [0.717, 1.165) is 6.07 Å². The van der Waals surface area contributed by atoms with Crippen LogP contribution in [0.1, 0.15) is 38.9 Å². The van der Waals surface area contributed by atoms with Crippen LogP contribution in [0.3, 0.4) is 0 Å². The van der Waals surface area contributed by atoms with E-state index in [1.165, 1.54) is 19.1 Å². The van der Waals surface area contributed by atoms with E-state index in [1.54, 1.807) is 12.1 Å². The van der Waals surface area contributed by atoms with Gasteiger partial charge in [0.25, 0.3) is 0 Å². The first-order valence-electron chi connectivity index (χ1n) is 7.50. The molecule has 0 spiro atoms. The first kappa shape index (κ1) is 18.1. The standard InChI is InChI=1S/C18H11BF3NO3/c1-9-14(16(25)12-5-3-2-4-11(12)15(9)24)17(19,26)13-7-6-10(8-23-13)18(20,21)22/h2-8,26H,1H3. The molecule has 130 valence electrons. The molecule has 0 saturated carbocycles. The van der Waals surface area contributed by atoms with Gasteiger partial charge in [0.1, 0.15) is 7.85 Å². The quantitative estimate of drug-likeness (QED) is 0.840. The highest BCUT2D eigenvalue weighted by Crippen LogP contribution is 2.36. The Hall–Kier alpha value is -2.74. The van der Waals surface area contributed by atoms with Gasteiger partial charge in [0.05, 0.1) is 16.8 Å². The molecule has 1 aromatic heterocycles. The van der Waals surface area contributed by atoms with E-state index in [1.807, 2.05) is 0 Å². The van der Waals surface area contributed by atoms with Crippen LogP contribution in [0.4, 0.5) is 13.2 Å². The molecule has 2 aromatic rings. The monoisotopic (exact) mass is 357 g/mol. The van der Waals surface area contributed by atoms with Crippen LogP contribution in [0.5, 0.6) is 0 Å². The molecule has 1 aliphatic carbocycles. The number of carbonyl (C=O) groups excluding carboxylic acids is 2. The lowest BCUT2D eigenvalue weighted by molar-refractivity contribution is -0.137. The van der Waals surface area contributed by atoms with Gasteiger partial charge in [0, 0.05) is 28.5 Å². The number of allylic oxidation sites excluding steroid dienone is 1. The molecule has 1 unspecified atom stereocenters. The molecule has 2 radical (unpaired) electrons. The second kappa shape index (κ2) is 5.91. The third-order valence-corrected chi connectivity index (χ3v) is 4.22. The number of pyridine rings is 1. The number of nitrogens with zero attached hydrogens (tertiary/aromatic N) is 1. The van der Waals surface area contributed by atoms with Crippen LogP contribution in [0, 0.1) is 0 Å². The molecule has 3 rings (SSSR count). The van der Waals surface area contributed by atoms with Crippen LogP contribution in [-0.4, -0.2) is 29.5 Å². The van der Waals surface area contributed by atoms with Crippen LogP contribution >= 0.6 is 0 Å². The fourth-order valence-electron chi connectivity index (χ4n) is 2.87. The number of alkyl halides is 3. The maximum absolute atomic E-state index is 12.8. The van der Waals surface area contributed by atoms with Crippen molar-refractivity contribution in [1.29, 1.82) is 0 Å². The molecular weight excluding hydrogens is 346 g/mol. The maximum atomic E-state index is 12.8. The fourth-order valence-corrected chi connectivity index (χ4v) is 2.87. The lowest BCUT2D eigenvalue weighted by atomic mass is 9.66. The zero-order valence-corrected chi connectivity index (χ0v) is 13.5. The number of benzene rings is 1. The van der Waals surface area contributed by atoms with E-state index in [-0.39, 0.29) is 22.4 Å². The average molecular weight is 357 g/mol. The highest BCUT2D eigenvalue weighted by Gasteiger charge is 2.41. The second-order valence-electron chi connectivity index (χ2n) is 5.90. The highest BCUT2D eigenvalue weighted by molar-refractivity contribution is 6.32. The summed E-state index contributed by atoms with van der Waals surface area (Å²) in [6, 6.07) is 7.60. The molecule has 0 aliphatic heterocycles. The molecule has 0 fully saturated rings. The Morgan fingerprint density at radius 2 is 1.58 bits per heavy atom. The molecule has 4 nitrogen and oxygen atoms in total. The third kappa shape index (κ3) is 2.76. The van der Waals surface area contributed by atoms with Gasteiger partial charge in [0.15, 0.2) is 11.6 Å². The summed E-state index contributed by atoms with van der Waals surface area (Å²) in [5.74, 6) is -1.17. The summed E-state index contributed by atoms with van der Waals surface area (Å²) in [5.41, 5.74) is -4.17. The van der Waals surface area contributed by atoms with Gasteiger partial charge in [-0.1, -0.05) is 24.3 Å². The summed E-state index contributed by atoms with van der Waals surface area (Å²) in [7, 11) is 5.85. The average Bonchev–Trinajstić information content (AvgIpc) is 2.59. The van der Waals surface area contributed by atoms with Crippen LogP contribution in [0.2, 0.25) is 0 Å². The molecule has 0 bridgehead atoms. The Kier molecular flexibility index (Phi) is 4.11. The summed E-state index contributed by atoms with van der Waals surface area (Å²) in [6.45, 7) is 1.33. The van der Waals surface area contributed by atoms with E-state index in [2.05, 4.69) is 4.98 Å². The number of Topliss-reactive ketones (excluding diaryl/α,β-unsaturated/α-hetero) is 2. The van der Waals surface area contributed by atoms with E-state index >= 15 is 0 Å². The number of aromatic nitrogens is 1. The van der Waals surface area contributed by atoms with Crippen molar-refractivity contribution in [2.45, 2.75) is 18.6 Å². The molecule has 1 aromatic carbocycles. The minimum atomic E-state index is -4.61. The highest BCUT2D eigenvalue weighted by atomic mass is 19.4. The normalized spacial score (nSPS) is 17.1. The molecule has 8 heteroatoms. The van der Waals surface area contributed by atoms with E-state index in [9.17, 15) is 27.9 Å². The van der Waals surface area contributed by atoms with Crippen molar-refractivity contribution in [3.05, 3.63) is 76.1 Å². The number of hydrogen-bond donors (Lipinski definition) is 1. The molecular formula is C18H11BF3NO3. The van der Waals surface area contributed by atoms with Crippen molar-refractivity contribution in [3.63, 3.8) is 0 Å². The SMILES string of the molecule is [B]C(O)(C1=C(C)C(=O)c2ccccc2C1=O)c1ccc(C(F)(F)F)cn1. The van der Waals surface area contributed by atoms with Crippen LogP contribution in [0.25, 0.3) is 0 Å². The van der Waals surface area contributed by atoms with Gasteiger partial charge in [-0.15, -0.1) is 0 Å². The largest absolute Gasteiger partial charge is 0.417 e. The van der Waals surface area contributed by atoms with Gasteiger partial charge >= 0.3 is 6.18 Å². The van der Waals surface area contributed by atoms with Gasteiger partial charge in [-0.25, -0.2) is 0 Å². The molecule has 0 amide bonds. The predicted molar refractivity (Wildman–Crippen MR) is 86.7 cm³/mol. The van der Waals surface area contributed by atoms with Crippen LogP contribution in [-0.2, 0) is 11.7 Å². The number of hydrogen-bond acceptors (Lipinski definition) is 4. The Morgan fingerprint density at radius 1 is 1.00 bits per heavy atom. The van der Waals surface area contributed by atoms with Crippen molar-refractivity contribution in [2.75, 3.05) is 0 Å². The molecule has 1 atom stereocenters. The van der Waals surface area contributed by atoms with E-state index in [0.29, 0.717) is 12.3 Å². The van der Waals surface area contributed by atoms with E-state index in [4.69, 9.17) is 7.85 Å². The number of rotatable bonds is 2. The number of aliphatic hydroxyl groups is 1. The van der Waals surface area contributed by atoms with E-state index < -0.39 is 34.4 Å². The molecule has 1 N–H and O–H groups in total. The zero-order valence-electron chi connectivity index (χ0n) is 13.5. The summed E-state index contributed by atoms with van der Waals surface area (Å²) in [4.78, 5) is 28.8. The summed E-state index contributed by atoms with van der Waals surface area (Å²) < 4.78 is 38.0. The Morgan fingerprint density at radius 3 is 2.08 bits per heavy atom. The Balaban J connectivity index is 2.11. The summed E-state index contributed by atoms with van der Waals surface area (Å²) in [6.07, 6.45) is -4.10. The lowest BCUT2D eigenvalue weighted by Gasteiger charge is -2.30. The number of fused-ring (bicyclic) bond motifs is 1. The predicted octanol–water partition coefficient (Wildman–Crippen LogP) is 2.81. The first-order chi connectivity index (χ1) is 12.0. The van der Waals surface area contributed by atoms with Crippen LogP contribution in [0.15, 0.2) is 53.7 Å². The first-order valence-corrected chi connectivity index (χ1v) is 7.50. The molecule has 1 aliphatic rings. The Labute approximate surface area is 147 Å². The number of halogens is 3. The zero-order chi connectivity index (χ0) is 19.3. The lowest BCUT2D eigenvalue weighted by Crippen LogP contribution is -2.38. The molecule has 1 heterocycles. The van der Waals surface area contributed by atoms with Gasteiger partial charge in [-0.2, -0.15) is 13.2 Å².